The van der Waals surface area contributed by atoms with Crippen molar-refractivity contribution in [2.24, 2.45) is 4.99 Å². The fraction of sp³-hybridized carbons (Fsp3) is 0.938. The predicted octanol–water partition coefficient (Wildman–Crippen LogP) is 1.57. The molecule has 3 unspecified atom stereocenters. The monoisotopic (exact) mass is 522 g/mol. The van der Waals surface area contributed by atoms with Crippen molar-refractivity contribution in [3.8, 4) is 0 Å². The molecule has 0 amide bonds. The van der Waals surface area contributed by atoms with Crippen molar-refractivity contribution in [1.29, 1.82) is 0 Å². The number of aliphatic imine (C=N–C) groups is 1. The minimum absolute atomic E-state index is 0. The van der Waals surface area contributed by atoms with Gasteiger partial charge in [-0.05, 0) is 40.0 Å². The maximum absolute atomic E-state index is 12.1. The molecule has 0 radical (unpaired) electrons. The van der Waals surface area contributed by atoms with Crippen molar-refractivity contribution in [3.63, 3.8) is 0 Å². The normalized spacial score (nSPS) is 23.0. The van der Waals surface area contributed by atoms with E-state index in [4.69, 9.17) is 0 Å². The van der Waals surface area contributed by atoms with E-state index < -0.39 is 26.4 Å². The number of hydrogen-bond donors (Lipinski definition) is 3. The number of halogens is 1. The number of hydrogen-bond acceptors (Lipinski definition) is 4. The van der Waals surface area contributed by atoms with Gasteiger partial charge in [0.05, 0.1) is 12.8 Å². The Hall–Kier alpha value is 0.0600. The molecule has 1 fully saturated rings. The van der Waals surface area contributed by atoms with E-state index in [2.05, 4.69) is 20.3 Å². The topological polar surface area (TPSA) is 99.7 Å². The van der Waals surface area contributed by atoms with Crippen LogP contribution in [0.25, 0.3) is 0 Å². The standard InChI is InChI=1S/C16H34N4O3S2.HI/c1-6-17-15(18-12-16(3,4)20-25(5,22)23)19-13-9-8-10-14(11-13)24(21)7-2;/h13-14,20H,6-12H2,1-5H3,(H2,17,18,19);1H. The first-order chi connectivity index (χ1) is 11.6. The van der Waals surface area contributed by atoms with Crippen LogP contribution in [-0.2, 0) is 20.8 Å². The van der Waals surface area contributed by atoms with Gasteiger partial charge in [-0.25, -0.2) is 13.1 Å². The SMILES string of the molecule is CCNC(=NCC(C)(C)NS(C)(=O)=O)NC1CCCC(S(=O)CC)C1.I. The van der Waals surface area contributed by atoms with Crippen LogP contribution in [0, 0.1) is 0 Å². The van der Waals surface area contributed by atoms with Crippen LogP contribution in [0.1, 0.15) is 53.4 Å². The lowest BCUT2D eigenvalue weighted by molar-refractivity contribution is 0.411. The molecule has 0 heterocycles. The summed E-state index contributed by atoms with van der Waals surface area (Å²) >= 11 is 0. The van der Waals surface area contributed by atoms with Crippen LogP contribution < -0.4 is 15.4 Å². The third-order valence-electron chi connectivity index (χ3n) is 4.06. The highest BCUT2D eigenvalue weighted by molar-refractivity contribution is 14.0. The molecule has 26 heavy (non-hydrogen) atoms. The van der Waals surface area contributed by atoms with Gasteiger partial charge in [0.1, 0.15) is 0 Å². The Morgan fingerprint density at radius 1 is 1.27 bits per heavy atom. The lowest BCUT2D eigenvalue weighted by Crippen LogP contribution is -2.49. The molecule has 3 atom stereocenters. The van der Waals surface area contributed by atoms with Crippen molar-refractivity contribution in [1.82, 2.24) is 15.4 Å². The van der Waals surface area contributed by atoms with E-state index in [1.54, 1.807) is 0 Å². The van der Waals surface area contributed by atoms with Gasteiger partial charge >= 0.3 is 0 Å². The average molecular weight is 523 g/mol. The van der Waals surface area contributed by atoms with E-state index in [9.17, 15) is 12.6 Å². The molecule has 0 aliphatic heterocycles. The van der Waals surface area contributed by atoms with Crippen molar-refractivity contribution >= 4 is 50.8 Å². The maximum atomic E-state index is 12.1. The van der Waals surface area contributed by atoms with Crippen LogP contribution in [0.15, 0.2) is 4.99 Å². The predicted molar refractivity (Wildman–Crippen MR) is 121 cm³/mol. The van der Waals surface area contributed by atoms with Crippen molar-refractivity contribution in [2.75, 3.05) is 25.1 Å². The highest BCUT2D eigenvalue weighted by atomic mass is 127. The maximum Gasteiger partial charge on any atom is 0.209 e. The van der Waals surface area contributed by atoms with Crippen LogP contribution in [0.3, 0.4) is 0 Å². The molecule has 0 aromatic carbocycles. The summed E-state index contributed by atoms with van der Waals surface area (Å²) in [6, 6.07) is 0.248. The summed E-state index contributed by atoms with van der Waals surface area (Å²) in [6.45, 7) is 8.63. The number of nitrogens with one attached hydrogen (secondary N) is 3. The summed E-state index contributed by atoms with van der Waals surface area (Å²) in [6.07, 6.45) is 5.16. The summed E-state index contributed by atoms with van der Waals surface area (Å²) in [5.74, 6) is 1.38. The Balaban J connectivity index is 0.00000625. The van der Waals surface area contributed by atoms with E-state index in [1.807, 2.05) is 27.7 Å². The molecule has 1 aliphatic rings. The Morgan fingerprint density at radius 2 is 1.92 bits per heavy atom. The third kappa shape index (κ3) is 10.4. The van der Waals surface area contributed by atoms with Crippen LogP contribution in [0.5, 0.6) is 0 Å². The van der Waals surface area contributed by atoms with Gasteiger partial charge in [0.2, 0.25) is 10.0 Å². The van der Waals surface area contributed by atoms with E-state index in [0.717, 1.165) is 38.5 Å². The van der Waals surface area contributed by atoms with Gasteiger partial charge in [0.15, 0.2) is 5.96 Å². The molecule has 0 aromatic rings. The van der Waals surface area contributed by atoms with Crippen LogP contribution in [0.4, 0.5) is 0 Å². The first kappa shape index (κ1) is 26.1. The second-order valence-electron chi connectivity index (χ2n) is 7.25. The fourth-order valence-corrected chi connectivity index (χ4v) is 5.49. The second-order valence-corrected chi connectivity index (χ2v) is 11.0. The average Bonchev–Trinajstić information content (AvgIpc) is 2.50. The van der Waals surface area contributed by atoms with Gasteiger partial charge in [-0.3, -0.25) is 9.20 Å². The molecular weight excluding hydrogens is 487 g/mol. The van der Waals surface area contributed by atoms with E-state index in [-0.39, 0.29) is 35.3 Å². The molecule has 0 spiro atoms. The van der Waals surface area contributed by atoms with E-state index in [0.29, 0.717) is 18.3 Å². The molecular formula is C16H35IN4O3S2. The number of guanidine groups is 1. The third-order valence-corrected chi connectivity index (χ3v) is 6.73. The molecule has 1 rings (SSSR count). The van der Waals surface area contributed by atoms with Crippen molar-refractivity contribution in [3.05, 3.63) is 0 Å². The molecule has 3 N–H and O–H groups in total. The molecule has 156 valence electrons. The zero-order valence-corrected chi connectivity index (χ0v) is 20.5. The Morgan fingerprint density at radius 3 is 2.46 bits per heavy atom. The van der Waals surface area contributed by atoms with Crippen LogP contribution in [0.2, 0.25) is 0 Å². The first-order valence-electron chi connectivity index (χ1n) is 8.97. The molecule has 0 saturated heterocycles. The summed E-state index contributed by atoms with van der Waals surface area (Å²) in [7, 11) is -4.04. The van der Waals surface area contributed by atoms with E-state index in [1.165, 1.54) is 0 Å². The zero-order valence-electron chi connectivity index (χ0n) is 16.5. The summed E-state index contributed by atoms with van der Waals surface area (Å²) in [5.41, 5.74) is -0.658. The summed E-state index contributed by atoms with van der Waals surface area (Å²) < 4.78 is 37.6. The highest BCUT2D eigenvalue weighted by Crippen LogP contribution is 2.23. The number of sulfonamides is 1. The van der Waals surface area contributed by atoms with Crippen LogP contribution in [-0.4, -0.2) is 60.5 Å². The van der Waals surface area contributed by atoms with Crippen molar-refractivity contribution < 1.29 is 12.6 Å². The van der Waals surface area contributed by atoms with E-state index >= 15 is 0 Å². The number of nitrogens with zero attached hydrogens (tertiary/aromatic N) is 1. The Kier molecular flexibility index (Phi) is 11.8. The lowest BCUT2D eigenvalue weighted by atomic mass is 9.95. The smallest absolute Gasteiger partial charge is 0.209 e. The Labute approximate surface area is 178 Å². The van der Waals surface area contributed by atoms with Gasteiger partial charge in [-0.1, -0.05) is 13.3 Å². The lowest BCUT2D eigenvalue weighted by Gasteiger charge is -2.30. The zero-order chi connectivity index (χ0) is 19.1. The van der Waals surface area contributed by atoms with Gasteiger partial charge < -0.3 is 10.6 Å². The van der Waals surface area contributed by atoms with Gasteiger partial charge in [0.25, 0.3) is 0 Å². The minimum Gasteiger partial charge on any atom is -0.357 e. The largest absolute Gasteiger partial charge is 0.357 e. The Bertz CT molecular complexity index is 582. The molecule has 0 aromatic heterocycles. The van der Waals surface area contributed by atoms with Gasteiger partial charge in [-0.15, -0.1) is 24.0 Å². The molecule has 7 nitrogen and oxygen atoms in total. The van der Waals surface area contributed by atoms with Crippen LogP contribution >= 0.6 is 24.0 Å². The van der Waals surface area contributed by atoms with Gasteiger partial charge in [-0.2, -0.15) is 0 Å². The fourth-order valence-electron chi connectivity index (χ4n) is 3.07. The highest BCUT2D eigenvalue weighted by Gasteiger charge is 2.26. The first-order valence-corrected chi connectivity index (χ1v) is 12.2. The minimum atomic E-state index is -3.28. The summed E-state index contributed by atoms with van der Waals surface area (Å²) in [5, 5.41) is 6.89. The van der Waals surface area contributed by atoms with Gasteiger partial charge in [0, 0.05) is 39.9 Å². The summed E-state index contributed by atoms with van der Waals surface area (Å²) in [4.78, 5) is 4.55. The molecule has 10 heteroatoms. The van der Waals surface area contributed by atoms with Crippen molar-refractivity contribution in [2.45, 2.75) is 70.2 Å². The molecule has 1 saturated carbocycles. The number of rotatable bonds is 8. The molecule has 1 aliphatic carbocycles. The molecule has 0 bridgehead atoms. The quantitative estimate of drug-likeness (QED) is 0.255. The second kappa shape index (κ2) is 11.8.